The Kier molecular flexibility index (Phi) is 4.76. The molecule has 0 unspecified atom stereocenters. The maximum Gasteiger partial charge on any atom is 0.289 e. The van der Waals surface area contributed by atoms with Gasteiger partial charge in [0.05, 0.1) is 34.2 Å². The van der Waals surface area contributed by atoms with Crippen LogP contribution in [-0.4, -0.2) is 27.1 Å². The second-order valence-electron chi connectivity index (χ2n) is 7.24. The number of nitrogens with zero attached hydrogens (tertiary/aromatic N) is 4. The van der Waals surface area contributed by atoms with Crippen LogP contribution in [0.15, 0.2) is 84.6 Å². The molecular formula is C25H18N6O. The first-order valence-electron chi connectivity index (χ1n) is 9.92. The summed E-state index contributed by atoms with van der Waals surface area (Å²) in [5.74, 6) is -0.419. The first kappa shape index (κ1) is 19.3. The number of nitrogens with one attached hydrogen (secondary N) is 1. The highest BCUT2D eigenvalue weighted by Crippen LogP contribution is 2.24. The summed E-state index contributed by atoms with van der Waals surface area (Å²) in [5.41, 5.74) is 12.5. The largest absolute Gasteiger partial charge is 0.397 e. The van der Waals surface area contributed by atoms with Gasteiger partial charge in [-0.3, -0.25) is 9.78 Å². The van der Waals surface area contributed by atoms with Crippen LogP contribution >= 0.6 is 0 Å². The molecule has 0 aliphatic carbocycles. The van der Waals surface area contributed by atoms with Crippen LogP contribution in [0.2, 0.25) is 0 Å². The lowest BCUT2D eigenvalue weighted by Gasteiger charge is -2.07. The SMILES string of the molecule is C=C(N)c1ccc2ccc3ccc(C(=O)N/N=C/c4ccnc5ccccc45)nc3c2n1. The molecule has 3 heterocycles. The number of nitrogens with two attached hydrogens (primary N) is 1. The predicted molar refractivity (Wildman–Crippen MR) is 127 cm³/mol. The van der Waals surface area contributed by atoms with Crippen LogP contribution in [0.25, 0.3) is 38.4 Å². The van der Waals surface area contributed by atoms with Gasteiger partial charge in [0.25, 0.3) is 5.91 Å². The summed E-state index contributed by atoms with van der Waals surface area (Å²) >= 11 is 0. The number of benzene rings is 2. The van der Waals surface area contributed by atoms with E-state index in [2.05, 4.69) is 32.1 Å². The molecule has 7 nitrogen and oxygen atoms in total. The van der Waals surface area contributed by atoms with Gasteiger partial charge < -0.3 is 5.73 Å². The summed E-state index contributed by atoms with van der Waals surface area (Å²) in [4.78, 5) is 26.2. The van der Waals surface area contributed by atoms with Gasteiger partial charge in [0.15, 0.2) is 0 Å². The highest BCUT2D eigenvalue weighted by atomic mass is 16.2. The molecule has 0 fully saturated rings. The van der Waals surface area contributed by atoms with Gasteiger partial charge in [0.1, 0.15) is 5.69 Å². The molecule has 154 valence electrons. The number of aromatic nitrogens is 3. The topological polar surface area (TPSA) is 106 Å². The maximum absolute atomic E-state index is 12.7. The number of fused-ring (bicyclic) bond motifs is 4. The van der Waals surface area contributed by atoms with E-state index in [1.807, 2.05) is 60.7 Å². The summed E-state index contributed by atoms with van der Waals surface area (Å²) in [7, 11) is 0. The van der Waals surface area contributed by atoms with Crippen LogP contribution in [0.5, 0.6) is 0 Å². The first-order chi connectivity index (χ1) is 15.6. The molecule has 5 aromatic rings. The highest BCUT2D eigenvalue weighted by Gasteiger charge is 2.11. The van der Waals surface area contributed by atoms with Crippen LogP contribution in [0.3, 0.4) is 0 Å². The molecule has 0 bridgehead atoms. The second-order valence-corrected chi connectivity index (χ2v) is 7.24. The lowest BCUT2D eigenvalue weighted by Crippen LogP contribution is -2.19. The first-order valence-corrected chi connectivity index (χ1v) is 9.92. The van der Waals surface area contributed by atoms with E-state index in [-0.39, 0.29) is 5.69 Å². The monoisotopic (exact) mass is 418 g/mol. The Morgan fingerprint density at radius 1 is 0.906 bits per heavy atom. The fourth-order valence-corrected chi connectivity index (χ4v) is 3.52. The maximum atomic E-state index is 12.7. The van der Waals surface area contributed by atoms with Crippen molar-refractivity contribution >= 4 is 50.5 Å². The number of amides is 1. The average Bonchev–Trinajstić information content (AvgIpc) is 2.83. The second kappa shape index (κ2) is 7.88. The van der Waals surface area contributed by atoms with E-state index in [1.54, 1.807) is 18.5 Å². The van der Waals surface area contributed by atoms with E-state index in [0.29, 0.717) is 22.4 Å². The molecule has 32 heavy (non-hydrogen) atoms. The van der Waals surface area contributed by atoms with Gasteiger partial charge in [0.2, 0.25) is 0 Å². The Labute approximate surface area is 183 Å². The fourth-order valence-electron chi connectivity index (χ4n) is 3.52. The lowest BCUT2D eigenvalue weighted by atomic mass is 10.1. The number of rotatable bonds is 4. The molecule has 5 rings (SSSR count). The Bertz CT molecular complexity index is 1550. The Balaban J connectivity index is 1.46. The molecule has 0 radical (unpaired) electrons. The zero-order valence-corrected chi connectivity index (χ0v) is 17.0. The molecule has 3 aromatic heterocycles. The summed E-state index contributed by atoms with van der Waals surface area (Å²) in [6, 6.07) is 20.7. The van der Waals surface area contributed by atoms with Crippen molar-refractivity contribution in [2.75, 3.05) is 0 Å². The molecule has 7 heteroatoms. The van der Waals surface area contributed by atoms with E-state index in [9.17, 15) is 4.79 Å². The summed E-state index contributed by atoms with van der Waals surface area (Å²) in [6.45, 7) is 3.75. The Hall–Kier alpha value is -4.65. The van der Waals surface area contributed by atoms with Crippen LogP contribution < -0.4 is 11.2 Å². The number of carbonyl (C=O) groups excluding carboxylic acids is 1. The number of hydrogen-bond donors (Lipinski definition) is 2. The van der Waals surface area contributed by atoms with E-state index in [4.69, 9.17) is 5.73 Å². The van der Waals surface area contributed by atoms with Gasteiger partial charge in [-0.25, -0.2) is 15.4 Å². The molecule has 1 amide bonds. The van der Waals surface area contributed by atoms with Gasteiger partial charge in [-0.2, -0.15) is 5.10 Å². The minimum absolute atomic E-state index is 0.237. The summed E-state index contributed by atoms with van der Waals surface area (Å²) in [6.07, 6.45) is 3.30. The fraction of sp³-hybridized carbons (Fsp3) is 0. The van der Waals surface area contributed by atoms with Crippen LogP contribution in [-0.2, 0) is 0 Å². The van der Waals surface area contributed by atoms with Crippen LogP contribution in [0.4, 0.5) is 0 Å². The number of pyridine rings is 3. The summed E-state index contributed by atoms with van der Waals surface area (Å²) in [5, 5.41) is 6.83. The van der Waals surface area contributed by atoms with Crippen LogP contribution in [0, 0.1) is 0 Å². The van der Waals surface area contributed by atoms with Crippen molar-refractivity contribution < 1.29 is 4.79 Å². The smallest absolute Gasteiger partial charge is 0.289 e. The normalized spacial score (nSPS) is 11.4. The minimum Gasteiger partial charge on any atom is -0.397 e. The third kappa shape index (κ3) is 3.52. The molecule has 0 aliphatic rings. The Morgan fingerprint density at radius 2 is 1.56 bits per heavy atom. The van der Waals surface area contributed by atoms with Crippen molar-refractivity contribution in [1.29, 1.82) is 0 Å². The van der Waals surface area contributed by atoms with Gasteiger partial charge in [0, 0.05) is 27.9 Å². The third-order valence-electron chi connectivity index (χ3n) is 5.13. The minimum atomic E-state index is -0.419. The third-order valence-corrected chi connectivity index (χ3v) is 5.13. The van der Waals surface area contributed by atoms with Crippen molar-refractivity contribution in [3.8, 4) is 0 Å². The van der Waals surface area contributed by atoms with Crippen molar-refractivity contribution in [3.63, 3.8) is 0 Å². The summed E-state index contributed by atoms with van der Waals surface area (Å²) < 4.78 is 0. The molecule has 2 aromatic carbocycles. The average molecular weight is 418 g/mol. The molecule has 0 atom stereocenters. The Morgan fingerprint density at radius 3 is 2.31 bits per heavy atom. The van der Waals surface area contributed by atoms with Gasteiger partial charge >= 0.3 is 0 Å². The molecule has 0 aliphatic heterocycles. The van der Waals surface area contributed by atoms with Gasteiger partial charge in [-0.15, -0.1) is 0 Å². The number of para-hydroxylation sites is 1. The highest BCUT2D eigenvalue weighted by molar-refractivity contribution is 6.05. The van der Waals surface area contributed by atoms with Crippen LogP contribution in [0.1, 0.15) is 21.7 Å². The zero-order chi connectivity index (χ0) is 22.1. The lowest BCUT2D eigenvalue weighted by molar-refractivity contribution is 0.0950. The molecule has 3 N–H and O–H groups in total. The van der Waals surface area contributed by atoms with Crippen molar-refractivity contribution in [2.24, 2.45) is 10.8 Å². The van der Waals surface area contributed by atoms with Crippen molar-refractivity contribution in [1.82, 2.24) is 20.4 Å². The molecule has 0 saturated heterocycles. The standard InChI is InChI=1S/C25H18N6O/c1-15(26)20-10-8-16-6-7-17-9-11-22(30-24(17)23(16)29-20)25(32)31-28-14-18-12-13-27-21-5-3-2-4-19(18)21/h2-14H,1,26H2,(H,31,32)/b28-14+. The molecule has 0 saturated carbocycles. The van der Waals surface area contributed by atoms with E-state index < -0.39 is 5.91 Å². The van der Waals surface area contributed by atoms with E-state index in [0.717, 1.165) is 27.2 Å². The van der Waals surface area contributed by atoms with Gasteiger partial charge in [-0.1, -0.05) is 49.0 Å². The number of hydrazone groups is 1. The number of carbonyl (C=O) groups is 1. The van der Waals surface area contributed by atoms with Gasteiger partial charge in [-0.05, 0) is 24.3 Å². The predicted octanol–water partition coefficient (Wildman–Crippen LogP) is 4.02. The number of hydrogen-bond acceptors (Lipinski definition) is 6. The molecule has 0 spiro atoms. The molecular weight excluding hydrogens is 400 g/mol. The van der Waals surface area contributed by atoms with E-state index >= 15 is 0 Å². The quantitative estimate of drug-likeness (QED) is 0.260. The zero-order valence-electron chi connectivity index (χ0n) is 17.0. The van der Waals surface area contributed by atoms with Crippen molar-refractivity contribution in [2.45, 2.75) is 0 Å². The van der Waals surface area contributed by atoms with Crippen molar-refractivity contribution in [3.05, 3.63) is 96.5 Å². The van der Waals surface area contributed by atoms with E-state index in [1.165, 1.54) is 0 Å².